The Morgan fingerprint density at radius 1 is 0.886 bits per heavy atom. The molecule has 35 heavy (non-hydrogen) atoms. The summed E-state index contributed by atoms with van der Waals surface area (Å²) in [6.45, 7) is 0.577. The number of carbonyl (C=O) groups excluding carboxylic acids is 2. The molecule has 1 unspecified atom stereocenters. The molecular weight excluding hydrogens is 479 g/mol. The first-order valence-corrected chi connectivity index (χ1v) is 11.5. The first kappa shape index (κ1) is 23.2. The molecule has 5 nitrogen and oxygen atoms in total. The highest BCUT2D eigenvalue weighted by atomic mass is 35.5. The number of halogens is 4. The summed E-state index contributed by atoms with van der Waals surface area (Å²) in [5, 5.41) is 3.09. The number of amides is 3. The normalized spacial score (nSPS) is 19.0. The van der Waals surface area contributed by atoms with Gasteiger partial charge in [0.05, 0.1) is 11.5 Å². The third-order valence-electron chi connectivity index (χ3n) is 6.77. The summed E-state index contributed by atoms with van der Waals surface area (Å²) in [5.41, 5.74) is 0.778. The first-order valence-electron chi connectivity index (χ1n) is 11.1. The average Bonchev–Trinajstić information content (AvgIpc) is 2.83. The summed E-state index contributed by atoms with van der Waals surface area (Å²) < 4.78 is 40.4. The van der Waals surface area contributed by atoms with Crippen LogP contribution in [0.4, 0.5) is 29.3 Å². The van der Waals surface area contributed by atoms with Crippen molar-refractivity contribution < 1.29 is 22.8 Å². The molecule has 1 spiro atoms. The number of likely N-dealkylation sites (tertiary alicyclic amines) is 1. The Labute approximate surface area is 205 Å². The molecule has 3 aromatic carbocycles. The number of anilines is 2. The molecule has 9 heteroatoms. The van der Waals surface area contributed by atoms with Crippen LogP contribution in [0.3, 0.4) is 0 Å². The van der Waals surface area contributed by atoms with E-state index in [4.69, 9.17) is 11.6 Å². The predicted molar refractivity (Wildman–Crippen MR) is 127 cm³/mol. The van der Waals surface area contributed by atoms with Crippen molar-refractivity contribution in [1.82, 2.24) is 4.90 Å². The molecule has 3 aromatic rings. The first-order chi connectivity index (χ1) is 16.8. The Balaban J connectivity index is 1.37. The summed E-state index contributed by atoms with van der Waals surface area (Å²) in [7, 11) is 0. The molecule has 180 valence electrons. The number of urea groups is 1. The van der Waals surface area contributed by atoms with Crippen molar-refractivity contribution in [2.45, 2.75) is 18.9 Å². The Morgan fingerprint density at radius 2 is 1.49 bits per heavy atom. The minimum absolute atomic E-state index is 0.0223. The highest BCUT2D eigenvalue weighted by Crippen LogP contribution is 2.57. The largest absolute Gasteiger partial charge is 0.324 e. The summed E-state index contributed by atoms with van der Waals surface area (Å²) in [6.07, 6.45) is 0.809. The summed E-state index contributed by atoms with van der Waals surface area (Å²) in [5.74, 6) is -2.05. The minimum atomic E-state index is -0.787. The third-order valence-corrected chi connectivity index (χ3v) is 7.03. The number of nitrogens with zero attached hydrogens (tertiary/aromatic N) is 2. The standard InChI is InChI=1S/C26H21ClF3N3O2/c27-17-3-1-16(2-4-17)23-26(24(34)33(23)22-7-5-18(28)6-8-22)9-11-32(12-10-26)25(35)31-21-14-19(29)13-20(30)15-21/h1-8,13-15,23H,9-12H2,(H,31,35). The lowest BCUT2D eigenvalue weighted by Gasteiger charge is -2.59. The van der Waals surface area contributed by atoms with E-state index in [1.54, 1.807) is 29.2 Å². The van der Waals surface area contributed by atoms with E-state index in [-0.39, 0.29) is 30.7 Å². The van der Waals surface area contributed by atoms with Crippen molar-refractivity contribution in [3.8, 4) is 0 Å². The Bertz CT molecular complexity index is 1260. The Hall–Kier alpha value is -3.52. The van der Waals surface area contributed by atoms with E-state index in [0.29, 0.717) is 23.6 Å². The molecule has 0 bridgehead atoms. The van der Waals surface area contributed by atoms with E-state index < -0.39 is 28.9 Å². The fourth-order valence-electron chi connectivity index (χ4n) is 5.06. The zero-order valence-corrected chi connectivity index (χ0v) is 19.2. The molecule has 2 aliphatic rings. The molecule has 0 radical (unpaired) electrons. The Kier molecular flexibility index (Phi) is 5.92. The van der Waals surface area contributed by atoms with E-state index in [9.17, 15) is 22.8 Å². The molecule has 2 heterocycles. The van der Waals surface area contributed by atoms with Gasteiger partial charge in [-0.3, -0.25) is 4.79 Å². The summed E-state index contributed by atoms with van der Waals surface area (Å²) in [6, 6.07) is 15.1. The van der Waals surface area contributed by atoms with Crippen molar-refractivity contribution in [3.05, 3.63) is 94.8 Å². The lowest BCUT2D eigenvalue weighted by atomic mass is 9.62. The van der Waals surface area contributed by atoms with Crippen LogP contribution in [0.1, 0.15) is 24.4 Å². The van der Waals surface area contributed by atoms with Gasteiger partial charge in [0.15, 0.2) is 0 Å². The van der Waals surface area contributed by atoms with Gasteiger partial charge in [0.2, 0.25) is 5.91 Å². The van der Waals surface area contributed by atoms with Crippen molar-refractivity contribution in [3.63, 3.8) is 0 Å². The van der Waals surface area contributed by atoms with Gasteiger partial charge in [-0.1, -0.05) is 23.7 Å². The SMILES string of the molecule is O=C(Nc1cc(F)cc(F)c1)N1CCC2(CC1)C(=O)N(c1ccc(F)cc1)C2c1ccc(Cl)cc1. The zero-order valence-electron chi connectivity index (χ0n) is 18.5. The maximum Gasteiger partial charge on any atom is 0.321 e. The van der Waals surface area contributed by atoms with Crippen LogP contribution >= 0.6 is 11.6 Å². The molecule has 2 saturated heterocycles. The molecular formula is C26H21ClF3N3O2. The quantitative estimate of drug-likeness (QED) is 0.439. The molecule has 3 amide bonds. The van der Waals surface area contributed by atoms with Crippen LogP contribution in [0.2, 0.25) is 5.02 Å². The van der Waals surface area contributed by atoms with Gasteiger partial charge in [-0.05, 0) is 66.9 Å². The number of β-lactam (4-membered cyclic amide) rings is 1. The molecule has 2 aliphatic heterocycles. The van der Waals surface area contributed by atoms with Gasteiger partial charge in [0.1, 0.15) is 17.5 Å². The number of piperidine rings is 1. The number of hydrogen-bond acceptors (Lipinski definition) is 2. The fourth-order valence-corrected chi connectivity index (χ4v) is 5.19. The minimum Gasteiger partial charge on any atom is -0.324 e. The fraction of sp³-hybridized carbons (Fsp3) is 0.231. The van der Waals surface area contributed by atoms with Gasteiger partial charge in [-0.2, -0.15) is 0 Å². The van der Waals surface area contributed by atoms with Crippen LogP contribution in [0.5, 0.6) is 0 Å². The lowest BCUT2D eigenvalue weighted by Crippen LogP contribution is -2.67. The molecule has 0 aromatic heterocycles. The second-order valence-electron chi connectivity index (χ2n) is 8.84. The highest BCUT2D eigenvalue weighted by Gasteiger charge is 2.62. The maximum atomic E-state index is 13.5. The van der Waals surface area contributed by atoms with Crippen molar-refractivity contribution in [2.75, 3.05) is 23.3 Å². The van der Waals surface area contributed by atoms with Gasteiger partial charge in [-0.15, -0.1) is 0 Å². The van der Waals surface area contributed by atoms with Gasteiger partial charge in [-0.25, -0.2) is 18.0 Å². The monoisotopic (exact) mass is 499 g/mol. The number of carbonyl (C=O) groups is 2. The van der Waals surface area contributed by atoms with Crippen LogP contribution in [0.25, 0.3) is 0 Å². The van der Waals surface area contributed by atoms with E-state index >= 15 is 0 Å². The van der Waals surface area contributed by atoms with E-state index in [1.165, 1.54) is 17.0 Å². The van der Waals surface area contributed by atoms with Crippen LogP contribution in [0.15, 0.2) is 66.7 Å². The van der Waals surface area contributed by atoms with E-state index in [2.05, 4.69) is 5.32 Å². The van der Waals surface area contributed by atoms with Gasteiger partial charge < -0.3 is 15.1 Å². The topological polar surface area (TPSA) is 52.7 Å². The molecule has 0 aliphatic carbocycles. The smallest absolute Gasteiger partial charge is 0.321 e. The molecule has 0 saturated carbocycles. The summed E-state index contributed by atoms with van der Waals surface area (Å²) >= 11 is 6.07. The maximum absolute atomic E-state index is 13.5. The average molecular weight is 500 g/mol. The van der Waals surface area contributed by atoms with Gasteiger partial charge in [0, 0.05) is 35.6 Å². The zero-order chi connectivity index (χ0) is 24.7. The number of hydrogen-bond donors (Lipinski definition) is 1. The van der Waals surface area contributed by atoms with Crippen LogP contribution in [-0.4, -0.2) is 29.9 Å². The number of nitrogens with one attached hydrogen (secondary N) is 1. The van der Waals surface area contributed by atoms with Crippen LogP contribution in [0, 0.1) is 22.9 Å². The highest BCUT2D eigenvalue weighted by molar-refractivity contribution is 6.30. The van der Waals surface area contributed by atoms with Crippen LogP contribution in [-0.2, 0) is 4.79 Å². The van der Waals surface area contributed by atoms with Gasteiger partial charge >= 0.3 is 6.03 Å². The lowest BCUT2D eigenvalue weighted by molar-refractivity contribution is -0.144. The Morgan fingerprint density at radius 3 is 2.09 bits per heavy atom. The van der Waals surface area contributed by atoms with E-state index in [0.717, 1.165) is 23.8 Å². The molecule has 1 atom stereocenters. The second kappa shape index (κ2) is 8.92. The van der Waals surface area contributed by atoms with Crippen molar-refractivity contribution >= 4 is 34.9 Å². The summed E-state index contributed by atoms with van der Waals surface area (Å²) in [4.78, 5) is 29.4. The molecule has 5 rings (SSSR count). The second-order valence-corrected chi connectivity index (χ2v) is 9.27. The van der Waals surface area contributed by atoms with Crippen molar-refractivity contribution in [2.24, 2.45) is 5.41 Å². The molecule has 1 N–H and O–H groups in total. The van der Waals surface area contributed by atoms with E-state index in [1.807, 2.05) is 12.1 Å². The van der Waals surface area contributed by atoms with Gasteiger partial charge in [0.25, 0.3) is 0 Å². The van der Waals surface area contributed by atoms with Crippen LogP contribution < -0.4 is 10.2 Å². The molecule has 2 fully saturated rings. The third kappa shape index (κ3) is 4.23. The number of benzene rings is 3. The predicted octanol–water partition coefficient (Wildman–Crippen LogP) is 6.16. The number of rotatable bonds is 3. The van der Waals surface area contributed by atoms with Crippen molar-refractivity contribution in [1.29, 1.82) is 0 Å².